The summed E-state index contributed by atoms with van der Waals surface area (Å²) in [4.78, 5) is 8.47. The minimum atomic E-state index is 0.160. The van der Waals surface area contributed by atoms with Gasteiger partial charge < -0.3 is 9.30 Å². The Morgan fingerprint density at radius 3 is 2.30 bits per heavy atom. The first kappa shape index (κ1) is 21.0. The average Bonchev–Trinajstić information content (AvgIpc) is 3.15. The molecule has 0 saturated carbocycles. The summed E-state index contributed by atoms with van der Waals surface area (Å²) in [7, 11) is 0. The van der Waals surface area contributed by atoms with E-state index in [4.69, 9.17) is 9.73 Å². The SMILES string of the molecule is CC(C)(C)c1ccc(-c2csc(=Nc3ccccc3)n2CCN2CCOCC2)cc1. The third kappa shape index (κ3) is 5.09. The molecule has 0 atom stereocenters. The molecule has 158 valence electrons. The number of aromatic nitrogens is 1. The van der Waals surface area contributed by atoms with Crippen LogP contribution in [0.15, 0.2) is 65.0 Å². The minimum Gasteiger partial charge on any atom is -0.379 e. The van der Waals surface area contributed by atoms with E-state index in [1.54, 1.807) is 11.3 Å². The molecule has 0 amide bonds. The van der Waals surface area contributed by atoms with E-state index >= 15 is 0 Å². The van der Waals surface area contributed by atoms with Crippen LogP contribution in [0, 0.1) is 0 Å². The van der Waals surface area contributed by atoms with Crippen LogP contribution < -0.4 is 4.80 Å². The number of benzene rings is 2. The van der Waals surface area contributed by atoms with E-state index in [0.717, 1.165) is 49.9 Å². The molecule has 4 nitrogen and oxygen atoms in total. The second-order valence-electron chi connectivity index (χ2n) is 8.78. The van der Waals surface area contributed by atoms with Gasteiger partial charge >= 0.3 is 0 Å². The fourth-order valence-corrected chi connectivity index (χ4v) is 4.64. The van der Waals surface area contributed by atoms with Crippen LogP contribution in [0.25, 0.3) is 11.3 Å². The fraction of sp³-hybridized carbons (Fsp3) is 0.400. The number of thiazole rings is 1. The van der Waals surface area contributed by atoms with Gasteiger partial charge in [-0.15, -0.1) is 11.3 Å². The molecule has 0 bridgehead atoms. The van der Waals surface area contributed by atoms with Gasteiger partial charge in [-0.25, -0.2) is 4.99 Å². The smallest absolute Gasteiger partial charge is 0.190 e. The number of ether oxygens (including phenoxy) is 1. The van der Waals surface area contributed by atoms with Gasteiger partial charge in [-0.1, -0.05) is 63.2 Å². The summed E-state index contributed by atoms with van der Waals surface area (Å²) in [5.41, 5.74) is 5.00. The molecule has 2 aromatic carbocycles. The van der Waals surface area contributed by atoms with E-state index < -0.39 is 0 Å². The first-order chi connectivity index (χ1) is 14.5. The van der Waals surface area contributed by atoms with Crippen molar-refractivity contribution in [1.29, 1.82) is 0 Å². The Balaban J connectivity index is 1.68. The molecule has 2 heterocycles. The van der Waals surface area contributed by atoms with Crippen LogP contribution in [0.3, 0.4) is 0 Å². The zero-order valence-corrected chi connectivity index (χ0v) is 19.0. The zero-order valence-electron chi connectivity index (χ0n) is 18.2. The second kappa shape index (κ2) is 9.29. The van der Waals surface area contributed by atoms with Crippen molar-refractivity contribution in [2.45, 2.75) is 32.7 Å². The Morgan fingerprint density at radius 2 is 1.63 bits per heavy atom. The number of morpholine rings is 1. The van der Waals surface area contributed by atoms with Crippen molar-refractivity contribution in [2.24, 2.45) is 4.99 Å². The molecule has 30 heavy (non-hydrogen) atoms. The predicted molar refractivity (Wildman–Crippen MR) is 125 cm³/mol. The van der Waals surface area contributed by atoms with Gasteiger partial charge in [0.1, 0.15) is 0 Å². The molecule has 0 radical (unpaired) electrons. The molecule has 1 aromatic heterocycles. The molecule has 0 unspecified atom stereocenters. The van der Waals surface area contributed by atoms with Crippen molar-refractivity contribution in [2.75, 3.05) is 32.8 Å². The summed E-state index contributed by atoms with van der Waals surface area (Å²) >= 11 is 1.72. The Bertz CT molecular complexity index is 1010. The summed E-state index contributed by atoms with van der Waals surface area (Å²) < 4.78 is 7.88. The summed E-state index contributed by atoms with van der Waals surface area (Å²) in [6, 6.07) is 19.2. The van der Waals surface area contributed by atoms with Gasteiger partial charge in [0, 0.05) is 31.6 Å². The van der Waals surface area contributed by atoms with Crippen molar-refractivity contribution in [3.63, 3.8) is 0 Å². The highest BCUT2D eigenvalue weighted by molar-refractivity contribution is 7.07. The summed E-state index contributed by atoms with van der Waals surface area (Å²) in [5, 5.41) is 2.24. The molecule has 1 fully saturated rings. The lowest BCUT2D eigenvalue weighted by Crippen LogP contribution is -2.39. The largest absolute Gasteiger partial charge is 0.379 e. The molecular formula is C25H31N3OS. The number of hydrogen-bond donors (Lipinski definition) is 0. The molecule has 1 saturated heterocycles. The lowest BCUT2D eigenvalue weighted by molar-refractivity contribution is 0.0363. The first-order valence-corrected chi connectivity index (χ1v) is 11.6. The van der Waals surface area contributed by atoms with Crippen molar-refractivity contribution < 1.29 is 4.74 Å². The zero-order chi connectivity index (χ0) is 21.0. The summed E-state index contributed by atoms with van der Waals surface area (Å²) in [5.74, 6) is 0. The Morgan fingerprint density at radius 1 is 0.933 bits per heavy atom. The summed E-state index contributed by atoms with van der Waals surface area (Å²) in [6.45, 7) is 12.4. The number of para-hydroxylation sites is 1. The van der Waals surface area contributed by atoms with Crippen molar-refractivity contribution in [3.8, 4) is 11.3 Å². The lowest BCUT2D eigenvalue weighted by Gasteiger charge is -2.27. The first-order valence-electron chi connectivity index (χ1n) is 10.7. The lowest BCUT2D eigenvalue weighted by atomic mass is 9.86. The molecule has 5 heteroatoms. The quantitative estimate of drug-likeness (QED) is 0.575. The normalized spacial score (nSPS) is 16.2. The van der Waals surface area contributed by atoms with Crippen LogP contribution >= 0.6 is 11.3 Å². The average molecular weight is 422 g/mol. The number of nitrogens with zero attached hydrogens (tertiary/aromatic N) is 3. The van der Waals surface area contributed by atoms with Gasteiger partial charge in [0.15, 0.2) is 4.80 Å². The Labute approximate surface area is 183 Å². The van der Waals surface area contributed by atoms with Crippen LogP contribution in [0.5, 0.6) is 0 Å². The van der Waals surface area contributed by atoms with E-state index in [0.29, 0.717) is 0 Å². The van der Waals surface area contributed by atoms with E-state index in [9.17, 15) is 0 Å². The fourth-order valence-electron chi connectivity index (χ4n) is 3.69. The Kier molecular flexibility index (Phi) is 6.52. The second-order valence-corrected chi connectivity index (χ2v) is 9.62. The molecule has 3 aromatic rings. The van der Waals surface area contributed by atoms with Crippen molar-refractivity contribution >= 4 is 17.0 Å². The highest BCUT2D eigenvalue weighted by Gasteiger charge is 2.16. The van der Waals surface area contributed by atoms with E-state index in [2.05, 4.69) is 72.0 Å². The molecular weight excluding hydrogens is 390 g/mol. The van der Waals surface area contributed by atoms with E-state index in [-0.39, 0.29) is 5.41 Å². The van der Waals surface area contributed by atoms with Gasteiger partial charge in [0.05, 0.1) is 24.6 Å². The van der Waals surface area contributed by atoms with Gasteiger partial charge in [-0.05, 0) is 28.7 Å². The highest BCUT2D eigenvalue weighted by atomic mass is 32.1. The van der Waals surface area contributed by atoms with E-state index in [1.165, 1.54) is 16.8 Å². The standard InChI is InChI=1S/C25H31N3OS/c1-25(2,3)21-11-9-20(10-12-21)23-19-30-24(26-22-7-5-4-6-8-22)28(23)14-13-27-15-17-29-18-16-27/h4-12,19H,13-18H2,1-3H3. The number of rotatable bonds is 5. The molecule has 4 rings (SSSR count). The van der Waals surface area contributed by atoms with Gasteiger partial charge in [0.25, 0.3) is 0 Å². The molecule has 0 N–H and O–H groups in total. The monoisotopic (exact) mass is 421 g/mol. The van der Waals surface area contributed by atoms with Crippen LogP contribution in [0.1, 0.15) is 26.3 Å². The topological polar surface area (TPSA) is 29.8 Å². The number of hydrogen-bond acceptors (Lipinski definition) is 4. The predicted octanol–water partition coefficient (Wildman–Crippen LogP) is 5.08. The Hall–Kier alpha value is -2.21. The van der Waals surface area contributed by atoms with Crippen LogP contribution in [0.4, 0.5) is 5.69 Å². The molecule has 1 aliphatic rings. The molecule has 0 aliphatic carbocycles. The van der Waals surface area contributed by atoms with Crippen LogP contribution in [-0.4, -0.2) is 42.3 Å². The van der Waals surface area contributed by atoms with Gasteiger partial charge in [-0.3, -0.25) is 4.90 Å². The van der Waals surface area contributed by atoms with Gasteiger partial charge in [0.2, 0.25) is 0 Å². The van der Waals surface area contributed by atoms with Crippen LogP contribution in [0.2, 0.25) is 0 Å². The van der Waals surface area contributed by atoms with E-state index in [1.807, 2.05) is 18.2 Å². The maximum absolute atomic E-state index is 5.51. The minimum absolute atomic E-state index is 0.160. The third-order valence-electron chi connectivity index (χ3n) is 5.57. The van der Waals surface area contributed by atoms with Gasteiger partial charge in [-0.2, -0.15) is 0 Å². The third-order valence-corrected chi connectivity index (χ3v) is 6.43. The van der Waals surface area contributed by atoms with Crippen LogP contribution in [-0.2, 0) is 16.7 Å². The van der Waals surface area contributed by atoms with Crippen molar-refractivity contribution in [1.82, 2.24) is 9.47 Å². The molecule has 1 aliphatic heterocycles. The summed E-state index contributed by atoms with van der Waals surface area (Å²) in [6.07, 6.45) is 0. The molecule has 0 spiro atoms. The highest BCUT2D eigenvalue weighted by Crippen LogP contribution is 2.27. The van der Waals surface area contributed by atoms with Crippen molar-refractivity contribution in [3.05, 3.63) is 70.3 Å². The maximum atomic E-state index is 5.51. The maximum Gasteiger partial charge on any atom is 0.190 e.